The zero-order chi connectivity index (χ0) is 18.4. The minimum absolute atomic E-state index is 0.0922. The Morgan fingerprint density at radius 3 is 2.52 bits per heavy atom. The van der Waals surface area contributed by atoms with Crippen LogP contribution in [-0.4, -0.2) is 20.8 Å². The summed E-state index contributed by atoms with van der Waals surface area (Å²) in [7, 11) is 3.07. The van der Waals surface area contributed by atoms with E-state index in [9.17, 15) is 8.78 Å². The molecule has 1 atom stereocenters. The zero-order valence-electron chi connectivity index (χ0n) is 14.2. The summed E-state index contributed by atoms with van der Waals surface area (Å²) in [5, 5.41) is 3.77. The number of nitrogens with one attached hydrogen (secondary N) is 1. The normalized spacial score (nSPS) is 12.1. The molecule has 0 saturated carbocycles. The zero-order valence-corrected chi connectivity index (χ0v) is 14.9. The summed E-state index contributed by atoms with van der Waals surface area (Å²) in [4.78, 5) is 0. The molecule has 0 aliphatic rings. The standard InChI is InChI=1S/C18H20ClF2NO3/c1-11(12-5-4-6-14(9-12)25-18(20)21)22-10-13-7-8-15(23-2)17(24-3)16(13)19/h4-9,11,18,22H,10H2,1-3H3. The molecule has 1 unspecified atom stereocenters. The van der Waals surface area contributed by atoms with Crippen LogP contribution in [0.25, 0.3) is 0 Å². The molecule has 0 amide bonds. The van der Waals surface area contributed by atoms with Crippen molar-refractivity contribution < 1.29 is 23.0 Å². The van der Waals surface area contributed by atoms with E-state index in [1.807, 2.05) is 19.1 Å². The molecule has 2 aromatic carbocycles. The van der Waals surface area contributed by atoms with E-state index in [1.54, 1.807) is 25.3 Å². The second kappa shape index (κ2) is 8.87. The van der Waals surface area contributed by atoms with Crippen molar-refractivity contribution in [1.29, 1.82) is 0 Å². The number of alkyl halides is 2. The minimum Gasteiger partial charge on any atom is -0.493 e. The third kappa shape index (κ3) is 4.96. The van der Waals surface area contributed by atoms with Gasteiger partial charge in [0.05, 0.1) is 19.2 Å². The summed E-state index contributed by atoms with van der Waals surface area (Å²) in [6.45, 7) is -0.444. The van der Waals surface area contributed by atoms with Crippen molar-refractivity contribution in [2.45, 2.75) is 26.1 Å². The lowest BCUT2D eigenvalue weighted by atomic mass is 10.1. The van der Waals surface area contributed by atoms with Crippen molar-refractivity contribution in [3.63, 3.8) is 0 Å². The first-order valence-corrected chi connectivity index (χ1v) is 8.01. The van der Waals surface area contributed by atoms with Crippen molar-refractivity contribution in [3.8, 4) is 17.2 Å². The van der Waals surface area contributed by atoms with Crippen LogP contribution in [0.1, 0.15) is 24.1 Å². The summed E-state index contributed by atoms with van der Waals surface area (Å²) >= 11 is 6.36. The maximum absolute atomic E-state index is 12.3. The van der Waals surface area contributed by atoms with E-state index in [1.165, 1.54) is 13.2 Å². The van der Waals surface area contributed by atoms with Crippen molar-refractivity contribution >= 4 is 11.6 Å². The first-order chi connectivity index (χ1) is 12.0. The van der Waals surface area contributed by atoms with Crippen LogP contribution < -0.4 is 19.5 Å². The van der Waals surface area contributed by atoms with Gasteiger partial charge in [-0.05, 0) is 36.2 Å². The van der Waals surface area contributed by atoms with Crippen LogP contribution in [0.15, 0.2) is 36.4 Å². The molecule has 4 nitrogen and oxygen atoms in total. The molecular weight excluding hydrogens is 352 g/mol. The van der Waals surface area contributed by atoms with E-state index in [-0.39, 0.29) is 11.8 Å². The highest BCUT2D eigenvalue weighted by Gasteiger charge is 2.14. The van der Waals surface area contributed by atoms with Gasteiger partial charge in [0.25, 0.3) is 0 Å². The van der Waals surface area contributed by atoms with Gasteiger partial charge in [-0.2, -0.15) is 8.78 Å². The Morgan fingerprint density at radius 1 is 1.12 bits per heavy atom. The first kappa shape index (κ1) is 19.3. The highest BCUT2D eigenvalue weighted by Crippen LogP contribution is 2.37. The molecule has 0 radical (unpaired) electrons. The van der Waals surface area contributed by atoms with Crippen molar-refractivity contribution in [3.05, 3.63) is 52.5 Å². The Bertz CT molecular complexity index is 713. The molecule has 0 heterocycles. The molecule has 2 aromatic rings. The highest BCUT2D eigenvalue weighted by atomic mass is 35.5. The molecule has 2 rings (SSSR count). The molecule has 0 aliphatic carbocycles. The molecule has 0 fully saturated rings. The van der Waals surface area contributed by atoms with Gasteiger partial charge in [0.1, 0.15) is 5.75 Å². The van der Waals surface area contributed by atoms with E-state index in [0.717, 1.165) is 11.1 Å². The Labute approximate surface area is 150 Å². The summed E-state index contributed by atoms with van der Waals surface area (Å²) < 4.78 is 39.6. The molecule has 7 heteroatoms. The highest BCUT2D eigenvalue weighted by molar-refractivity contribution is 6.33. The van der Waals surface area contributed by atoms with E-state index in [0.29, 0.717) is 23.1 Å². The number of ether oxygens (including phenoxy) is 3. The second-order valence-corrected chi connectivity index (χ2v) is 5.71. The molecule has 0 bridgehead atoms. The molecule has 1 N–H and O–H groups in total. The molecule has 0 spiro atoms. The predicted molar refractivity (Wildman–Crippen MR) is 92.9 cm³/mol. The van der Waals surface area contributed by atoms with Crippen LogP contribution in [0.2, 0.25) is 5.02 Å². The number of halogens is 3. The van der Waals surface area contributed by atoms with Crippen LogP contribution in [0, 0.1) is 0 Å². The lowest BCUT2D eigenvalue weighted by Crippen LogP contribution is -2.18. The first-order valence-electron chi connectivity index (χ1n) is 7.63. The average Bonchev–Trinajstić information content (AvgIpc) is 2.59. The van der Waals surface area contributed by atoms with Gasteiger partial charge >= 0.3 is 6.61 Å². The van der Waals surface area contributed by atoms with Crippen LogP contribution in [0.5, 0.6) is 17.2 Å². The number of benzene rings is 2. The van der Waals surface area contributed by atoms with Gasteiger partial charge in [0, 0.05) is 12.6 Å². The van der Waals surface area contributed by atoms with E-state index >= 15 is 0 Å². The van der Waals surface area contributed by atoms with Gasteiger partial charge < -0.3 is 19.5 Å². The quantitative estimate of drug-likeness (QED) is 0.723. The van der Waals surface area contributed by atoms with Gasteiger partial charge in [-0.1, -0.05) is 29.8 Å². The van der Waals surface area contributed by atoms with Gasteiger partial charge in [0.2, 0.25) is 0 Å². The van der Waals surface area contributed by atoms with Crippen molar-refractivity contribution in [1.82, 2.24) is 5.32 Å². The number of hydrogen-bond donors (Lipinski definition) is 1. The lowest BCUT2D eigenvalue weighted by molar-refractivity contribution is -0.0499. The molecule has 0 saturated heterocycles. The maximum Gasteiger partial charge on any atom is 0.387 e. The minimum atomic E-state index is -2.84. The van der Waals surface area contributed by atoms with E-state index in [2.05, 4.69) is 10.1 Å². The Hall–Kier alpha value is -2.05. The second-order valence-electron chi connectivity index (χ2n) is 5.33. The lowest BCUT2D eigenvalue weighted by Gasteiger charge is -2.17. The van der Waals surface area contributed by atoms with Crippen LogP contribution in [-0.2, 0) is 6.54 Å². The summed E-state index contributed by atoms with van der Waals surface area (Å²) in [6, 6.07) is 10.1. The molecule has 136 valence electrons. The number of rotatable bonds is 8. The van der Waals surface area contributed by atoms with Gasteiger partial charge in [-0.3, -0.25) is 0 Å². The topological polar surface area (TPSA) is 39.7 Å². The largest absolute Gasteiger partial charge is 0.493 e. The van der Waals surface area contributed by atoms with Crippen LogP contribution in [0.4, 0.5) is 8.78 Å². The molecule has 25 heavy (non-hydrogen) atoms. The van der Waals surface area contributed by atoms with Crippen LogP contribution in [0.3, 0.4) is 0 Å². The average molecular weight is 372 g/mol. The molecule has 0 aromatic heterocycles. The molecule has 0 aliphatic heterocycles. The van der Waals surface area contributed by atoms with Gasteiger partial charge in [-0.25, -0.2) is 0 Å². The molecular formula is C18H20ClF2NO3. The Morgan fingerprint density at radius 2 is 1.88 bits per heavy atom. The van der Waals surface area contributed by atoms with E-state index < -0.39 is 6.61 Å². The summed E-state index contributed by atoms with van der Waals surface area (Å²) in [5.74, 6) is 1.16. The van der Waals surface area contributed by atoms with Gasteiger partial charge in [0.15, 0.2) is 11.5 Å². The van der Waals surface area contributed by atoms with Gasteiger partial charge in [-0.15, -0.1) is 0 Å². The van der Waals surface area contributed by atoms with E-state index in [4.69, 9.17) is 21.1 Å². The SMILES string of the molecule is COc1ccc(CNC(C)c2cccc(OC(F)F)c2)c(Cl)c1OC. The number of hydrogen-bond acceptors (Lipinski definition) is 4. The Kier molecular flexibility index (Phi) is 6.84. The van der Waals surface area contributed by atoms with Crippen molar-refractivity contribution in [2.24, 2.45) is 0 Å². The smallest absolute Gasteiger partial charge is 0.387 e. The fourth-order valence-electron chi connectivity index (χ4n) is 2.41. The summed E-state index contributed by atoms with van der Waals surface area (Å²) in [6.07, 6.45) is 0. The fraction of sp³-hybridized carbons (Fsp3) is 0.333. The fourth-order valence-corrected chi connectivity index (χ4v) is 2.71. The third-order valence-corrected chi connectivity index (χ3v) is 4.16. The van der Waals surface area contributed by atoms with Crippen molar-refractivity contribution in [2.75, 3.05) is 14.2 Å². The summed E-state index contributed by atoms with van der Waals surface area (Å²) in [5.41, 5.74) is 1.67. The Balaban J connectivity index is 2.08. The monoisotopic (exact) mass is 371 g/mol. The maximum atomic E-state index is 12.3. The van der Waals surface area contributed by atoms with Crippen LogP contribution >= 0.6 is 11.6 Å². The number of methoxy groups -OCH3 is 2. The third-order valence-electron chi connectivity index (χ3n) is 3.75. The predicted octanol–water partition coefficient (Wildman–Crippen LogP) is 4.81.